The van der Waals surface area contributed by atoms with Crippen molar-refractivity contribution in [1.29, 1.82) is 0 Å². The van der Waals surface area contributed by atoms with Gasteiger partial charge in [-0.15, -0.1) is 0 Å². The minimum atomic E-state index is -1.93. The van der Waals surface area contributed by atoms with Gasteiger partial charge in [0.1, 0.15) is 0 Å². The molecule has 0 spiro atoms. The van der Waals surface area contributed by atoms with Crippen LogP contribution >= 0.6 is 0 Å². The molecule has 31 heavy (non-hydrogen) atoms. The number of alkyl carbamates (subject to hydrolysis) is 1. The summed E-state index contributed by atoms with van der Waals surface area (Å²) in [5.41, 5.74) is -0.507. The van der Waals surface area contributed by atoms with Crippen LogP contribution in [0.25, 0.3) is 0 Å². The van der Waals surface area contributed by atoms with Crippen molar-refractivity contribution in [3.63, 3.8) is 0 Å². The van der Waals surface area contributed by atoms with E-state index in [0.717, 1.165) is 12.0 Å². The minimum absolute atomic E-state index is 0.222. The number of nitrogens with one attached hydrogen (secondary N) is 2. The zero-order valence-corrected chi connectivity index (χ0v) is 18.4. The van der Waals surface area contributed by atoms with E-state index in [1.54, 1.807) is 44.2 Å². The second-order valence-electron chi connectivity index (χ2n) is 7.66. The zero-order chi connectivity index (χ0) is 22.9. The third-order valence-electron chi connectivity index (χ3n) is 4.97. The first-order chi connectivity index (χ1) is 14.8. The molecule has 0 unspecified atom stereocenters. The second kappa shape index (κ2) is 11.2. The standard InChI is InChI=1S/C24H30N2O5/c1-17(2)24(26-23(29)30-4,31-21(27)20-13-9-6-10-14-20)22(28)25-18(3)15-16-19-11-7-5-8-12-19/h5-14,17-18H,15-16H2,1-4H3,(H,25,28)(H,26,29)/t18-,24+/m0/s1. The molecule has 2 atom stereocenters. The first-order valence-corrected chi connectivity index (χ1v) is 10.3. The summed E-state index contributed by atoms with van der Waals surface area (Å²) in [6.45, 7) is 5.23. The Balaban J connectivity index is 2.19. The molecule has 0 fully saturated rings. The maximum atomic E-state index is 13.3. The van der Waals surface area contributed by atoms with Crippen LogP contribution in [0, 0.1) is 5.92 Å². The van der Waals surface area contributed by atoms with Gasteiger partial charge in [-0.2, -0.15) is 0 Å². The second-order valence-corrected chi connectivity index (χ2v) is 7.66. The monoisotopic (exact) mass is 426 g/mol. The first-order valence-electron chi connectivity index (χ1n) is 10.3. The molecule has 2 rings (SSSR count). The van der Waals surface area contributed by atoms with Crippen molar-refractivity contribution in [1.82, 2.24) is 10.6 Å². The van der Waals surface area contributed by atoms with Gasteiger partial charge in [-0.3, -0.25) is 10.1 Å². The van der Waals surface area contributed by atoms with Gasteiger partial charge in [0.15, 0.2) is 0 Å². The Labute approximate surface area is 183 Å². The van der Waals surface area contributed by atoms with Crippen LogP contribution in [0.3, 0.4) is 0 Å². The molecule has 0 bridgehead atoms. The normalized spacial score (nSPS) is 13.6. The van der Waals surface area contributed by atoms with Crippen LogP contribution in [-0.2, 0) is 20.7 Å². The lowest BCUT2D eigenvalue weighted by molar-refractivity contribution is -0.150. The van der Waals surface area contributed by atoms with Gasteiger partial charge in [0.05, 0.1) is 12.7 Å². The van der Waals surface area contributed by atoms with Crippen LogP contribution in [0.1, 0.15) is 43.1 Å². The summed E-state index contributed by atoms with van der Waals surface area (Å²) in [5, 5.41) is 5.32. The van der Waals surface area contributed by atoms with Crippen molar-refractivity contribution in [3.8, 4) is 0 Å². The highest BCUT2D eigenvalue weighted by atomic mass is 16.6. The average molecular weight is 427 g/mol. The molecular weight excluding hydrogens is 396 g/mol. The molecule has 2 amide bonds. The molecule has 0 aliphatic carbocycles. The number of amides is 2. The van der Waals surface area contributed by atoms with Gasteiger partial charge in [0.2, 0.25) is 0 Å². The fraction of sp³-hybridized carbons (Fsp3) is 0.375. The fourth-order valence-electron chi connectivity index (χ4n) is 3.07. The SMILES string of the molecule is COC(=O)N[C@](OC(=O)c1ccccc1)(C(=O)N[C@@H](C)CCc1ccccc1)C(C)C. The van der Waals surface area contributed by atoms with Gasteiger partial charge in [-0.25, -0.2) is 9.59 Å². The van der Waals surface area contributed by atoms with Crippen LogP contribution < -0.4 is 10.6 Å². The van der Waals surface area contributed by atoms with E-state index in [4.69, 9.17) is 4.74 Å². The maximum Gasteiger partial charge on any atom is 0.410 e. The third-order valence-corrected chi connectivity index (χ3v) is 4.97. The van der Waals surface area contributed by atoms with E-state index in [1.807, 2.05) is 37.3 Å². The zero-order valence-electron chi connectivity index (χ0n) is 18.4. The van der Waals surface area contributed by atoms with Gasteiger partial charge < -0.3 is 14.8 Å². The van der Waals surface area contributed by atoms with Crippen molar-refractivity contribution in [2.45, 2.75) is 45.4 Å². The van der Waals surface area contributed by atoms with Crippen LogP contribution in [0.15, 0.2) is 60.7 Å². The van der Waals surface area contributed by atoms with Gasteiger partial charge in [-0.1, -0.05) is 62.4 Å². The number of methoxy groups -OCH3 is 1. The lowest BCUT2D eigenvalue weighted by Crippen LogP contribution is -2.65. The average Bonchev–Trinajstić information content (AvgIpc) is 2.78. The summed E-state index contributed by atoms with van der Waals surface area (Å²) in [4.78, 5) is 38.1. The Hall–Kier alpha value is -3.35. The predicted molar refractivity (Wildman–Crippen MR) is 117 cm³/mol. The lowest BCUT2D eigenvalue weighted by atomic mass is 9.97. The van der Waals surface area contributed by atoms with E-state index < -0.39 is 29.6 Å². The summed E-state index contributed by atoms with van der Waals surface area (Å²) in [7, 11) is 1.18. The minimum Gasteiger partial charge on any atom is -0.453 e. The molecule has 0 aliphatic rings. The summed E-state index contributed by atoms with van der Waals surface area (Å²) in [6, 6.07) is 18.0. The Bertz CT molecular complexity index is 870. The number of carbonyl (C=O) groups excluding carboxylic acids is 3. The number of hydrogen-bond donors (Lipinski definition) is 2. The van der Waals surface area contributed by atoms with Gasteiger partial charge >= 0.3 is 12.1 Å². The number of ether oxygens (including phenoxy) is 2. The molecule has 0 radical (unpaired) electrons. The molecule has 0 aliphatic heterocycles. The van der Waals surface area contributed by atoms with Crippen molar-refractivity contribution in [2.24, 2.45) is 5.92 Å². The van der Waals surface area contributed by atoms with Crippen molar-refractivity contribution >= 4 is 18.0 Å². The van der Waals surface area contributed by atoms with E-state index in [-0.39, 0.29) is 11.6 Å². The van der Waals surface area contributed by atoms with E-state index >= 15 is 0 Å². The summed E-state index contributed by atoms with van der Waals surface area (Å²) >= 11 is 0. The van der Waals surface area contributed by atoms with Gasteiger partial charge in [-0.05, 0) is 37.5 Å². The molecule has 2 N–H and O–H groups in total. The highest BCUT2D eigenvalue weighted by Gasteiger charge is 2.48. The molecular formula is C24H30N2O5. The molecule has 0 saturated heterocycles. The van der Waals surface area contributed by atoms with Crippen molar-refractivity contribution in [2.75, 3.05) is 7.11 Å². The predicted octanol–water partition coefficient (Wildman–Crippen LogP) is 3.69. The number of esters is 1. The molecule has 0 heterocycles. The molecule has 0 aromatic heterocycles. The van der Waals surface area contributed by atoms with Gasteiger partial charge in [0.25, 0.3) is 11.6 Å². The summed E-state index contributed by atoms with van der Waals surface area (Å²) in [6.07, 6.45) is 0.571. The van der Waals surface area contributed by atoms with Crippen LogP contribution in [0.2, 0.25) is 0 Å². The smallest absolute Gasteiger partial charge is 0.410 e. The van der Waals surface area contributed by atoms with E-state index in [0.29, 0.717) is 6.42 Å². The largest absolute Gasteiger partial charge is 0.453 e. The Morgan fingerprint density at radius 3 is 2.06 bits per heavy atom. The van der Waals surface area contributed by atoms with E-state index in [1.165, 1.54) is 7.11 Å². The summed E-state index contributed by atoms with van der Waals surface area (Å²) in [5.74, 6) is -1.91. The maximum absolute atomic E-state index is 13.3. The Morgan fingerprint density at radius 1 is 0.935 bits per heavy atom. The van der Waals surface area contributed by atoms with Crippen LogP contribution in [0.4, 0.5) is 4.79 Å². The number of rotatable bonds is 9. The topological polar surface area (TPSA) is 93.7 Å². The van der Waals surface area contributed by atoms with E-state index in [9.17, 15) is 14.4 Å². The Morgan fingerprint density at radius 2 is 1.52 bits per heavy atom. The highest BCUT2D eigenvalue weighted by molar-refractivity contribution is 5.95. The van der Waals surface area contributed by atoms with Crippen LogP contribution in [0.5, 0.6) is 0 Å². The quantitative estimate of drug-likeness (QED) is 0.471. The van der Waals surface area contributed by atoms with Crippen LogP contribution in [-0.4, -0.2) is 36.8 Å². The third kappa shape index (κ3) is 6.57. The van der Waals surface area contributed by atoms with E-state index in [2.05, 4.69) is 15.4 Å². The molecule has 0 saturated carbocycles. The van der Waals surface area contributed by atoms with Crippen molar-refractivity contribution in [3.05, 3.63) is 71.8 Å². The van der Waals surface area contributed by atoms with Crippen molar-refractivity contribution < 1.29 is 23.9 Å². The lowest BCUT2D eigenvalue weighted by Gasteiger charge is -2.36. The number of aryl methyl sites for hydroxylation is 1. The number of carbonyl (C=O) groups is 3. The fourth-order valence-corrected chi connectivity index (χ4v) is 3.07. The number of hydrogen-bond acceptors (Lipinski definition) is 5. The first kappa shape index (κ1) is 23.9. The molecule has 7 nitrogen and oxygen atoms in total. The molecule has 2 aromatic carbocycles. The highest BCUT2D eigenvalue weighted by Crippen LogP contribution is 2.23. The Kier molecular flexibility index (Phi) is 8.61. The molecule has 166 valence electrons. The molecule has 2 aromatic rings. The number of benzene rings is 2. The molecule has 7 heteroatoms. The van der Waals surface area contributed by atoms with Gasteiger partial charge in [0, 0.05) is 12.0 Å². The summed E-state index contributed by atoms with van der Waals surface area (Å²) < 4.78 is 10.3.